The van der Waals surface area contributed by atoms with Crippen molar-refractivity contribution in [3.63, 3.8) is 0 Å². The number of ether oxygens (including phenoxy) is 1. The molecule has 1 spiro atoms. The Labute approximate surface area is 66.5 Å². The summed E-state index contributed by atoms with van der Waals surface area (Å²) < 4.78 is 5.58. The maximum absolute atomic E-state index is 5.58. The first-order valence-corrected chi connectivity index (χ1v) is 4.65. The fraction of sp³-hybridized carbons (Fsp3) is 1.00. The summed E-state index contributed by atoms with van der Waals surface area (Å²) in [6, 6.07) is 1.73. The van der Waals surface area contributed by atoms with E-state index >= 15 is 0 Å². The SMILES string of the molecule is CN1C2COCC23C2CC2C13. The predicted molar refractivity (Wildman–Crippen MR) is 40.2 cm³/mol. The lowest BCUT2D eigenvalue weighted by Gasteiger charge is -2.65. The fourth-order valence-corrected chi connectivity index (χ4v) is 4.21. The maximum atomic E-state index is 5.58. The van der Waals surface area contributed by atoms with E-state index in [0.717, 1.165) is 37.1 Å². The van der Waals surface area contributed by atoms with Gasteiger partial charge in [-0.05, 0) is 25.3 Å². The summed E-state index contributed by atoms with van der Waals surface area (Å²) in [5.41, 5.74) is 0.680. The molecule has 0 amide bonds. The lowest BCUT2D eigenvalue weighted by atomic mass is 9.54. The Kier molecular flexibility index (Phi) is 0.641. The fourth-order valence-electron chi connectivity index (χ4n) is 4.21. The predicted octanol–water partition coefficient (Wildman–Crippen LogP) is 0.335. The van der Waals surface area contributed by atoms with Gasteiger partial charge in [-0.3, -0.25) is 4.90 Å². The second-order valence-electron chi connectivity index (χ2n) is 4.76. The van der Waals surface area contributed by atoms with E-state index in [1.54, 1.807) is 0 Å². The molecule has 5 unspecified atom stereocenters. The van der Waals surface area contributed by atoms with Crippen molar-refractivity contribution in [2.45, 2.75) is 18.5 Å². The van der Waals surface area contributed by atoms with Gasteiger partial charge in [-0.1, -0.05) is 0 Å². The number of fused-ring (bicyclic) bond motifs is 2. The van der Waals surface area contributed by atoms with E-state index in [1.165, 1.54) is 6.42 Å². The number of piperidine rings is 1. The van der Waals surface area contributed by atoms with Crippen molar-refractivity contribution in [3.8, 4) is 0 Å². The van der Waals surface area contributed by atoms with Gasteiger partial charge in [-0.25, -0.2) is 0 Å². The van der Waals surface area contributed by atoms with E-state index in [2.05, 4.69) is 11.9 Å². The van der Waals surface area contributed by atoms with E-state index in [-0.39, 0.29) is 0 Å². The minimum atomic E-state index is 0.680. The molecule has 4 fully saturated rings. The van der Waals surface area contributed by atoms with Crippen LogP contribution in [0.15, 0.2) is 0 Å². The average molecular weight is 151 g/mol. The third-order valence-corrected chi connectivity index (χ3v) is 4.66. The van der Waals surface area contributed by atoms with Gasteiger partial charge in [0.25, 0.3) is 0 Å². The maximum Gasteiger partial charge on any atom is 0.0629 e. The second kappa shape index (κ2) is 1.27. The van der Waals surface area contributed by atoms with Gasteiger partial charge in [0.2, 0.25) is 0 Å². The van der Waals surface area contributed by atoms with Gasteiger partial charge in [0.15, 0.2) is 0 Å². The Morgan fingerprint density at radius 2 is 2.45 bits per heavy atom. The van der Waals surface area contributed by atoms with Crippen LogP contribution in [-0.4, -0.2) is 37.2 Å². The van der Waals surface area contributed by atoms with Crippen molar-refractivity contribution in [2.24, 2.45) is 17.3 Å². The highest BCUT2D eigenvalue weighted by molar-refractivity contribution is 5.33. The molecule has 0 N–H and O–H groups in total. The first-order chi connectivity index (χ1) is 5.36. The van der Waals surface area contributed by atoms with E-state index in [4.69, 9.17) is 4.74 Å². The molecule has 5 atom stereocenters. The van der Waals surface area contributed by atoms with Crippen LogP contribution in [0.4, 0.5) is 0 Å². The number of likely N-dealkylation sites (N-methyl/N-ethyl adjacent to an activating group) is 1. The normalized spacial score (nSPS) is 70.6. The quantitative estimate of drug-likeness (QED) is 0.495. The summed E-state index contributed by atoms with van der Waals surface area (Å²) in [7, 11) is 2.27. The Hall–Kier alpha value is -0.0800. The Bertz CT molecular complexity index is 234. The lowest BCUT2D eigenvalue weighted by Crippen LogP contribution is -2.76. The molecule has 0 aromatic carbocycles. The zero-order valence-electron chi connectivity index (χ0n) is 6.79. The number of hydrogen-bond donors (Lipinski definition) is 0. The van der Waals surface area contributed by atoms with Crippen molar-refractivity contribution in [1.82, 2.24) is 4.90 Å². The molecule has 2 saturated carbocycles. The van der Waals surface area contributed by atoms with Crippen molar-refractivity contribution >= 4 is 0 Å². The molecule has 0 aromatic rings. The van der Waals surface area contributed by atoms with Gasteiger partial charge in [-0.15, -0.1) is 0 Å². The summed E-state index contributed by atoms with van der Waals surface area (Å²) in [6.07, 6.45) is 1.51. The average Bonchev–Trinajstić information content (AvgIpc) is 2.58. The van der Waals surface area contributed by atoms with E-state index in [0.29, 0.717) is 5.41 Å². The van der Waals surface area contributed by atoms with E-state index < -0.39 is 0 Å². The molecule has 11 heavy (non-hydrogen) atoms. The second-order valence-corrected chi connectivity index (χ2v) is 4.76. The van der Waals surface area contributed by atoms with Crippen LogP contribution in [-0.2, 0) is 4.74 Å². The molecule has 0 radical (unpaired) electrons. The number of nitrogens with zero attached hydrogens (tertiary/aromatic N) is 1. The Balaban J connectivity index is 1.82. The Morgan fingerprint density at radius 3 is 3.36 bits per heavy atom. The third-order valence-electron chi connectivity index (χ3n) is 4.66. The van der Waals surface area contributed by atoms with Crippen molar-refractivity contribution < 1.29 is 4.74 Å². The van der Waals surface area contributed by atoms with Crippen LogP contribution < -0.4 is 0 Å². The van der Waals surface area contributed by atoms with Crippen LogP contribution in [0.3, 0.4) is 0 Å². The first-order valence-electron chi connectivity index (χ1n) is 4.65. The van der Waals surface area contributed by atoms with Crippen LogP contribution in [0.1, 0.15) is 6.42 Å². The molecule has 2 saturated heterocycles. The summed E-state index contributed by atoms with van der Waals surface area (Å²) in [5.74, 6) is 2.16. The molecular formula is C9H13NO. The molecule has 4 aliphatic rings. The van der Waals surface area contributed by atoms with Crippen LogP contribution in [0, 0.1) is 17.3 Å². The smallest absolute Gasteiger partial charge is 0.0629 e. The summed E-state index contributed by atoms with van der Waals surface area (Å²) in [5, 5.41) is 0. The van der Waals surface area contributed by atoms with Gasteiger partial charge in [-0.2, -0.15) is 0 Å². The molecular weight excluding hydrogens is 138 g/mol. The van der Waals surface area contributed by atoms with Gasteiger partial charge in [0.05, 0.1) is 13.2 Å². The van der Waals surface area contributed by atoms with Crippen molar-refractivity contribution in [2.75, 3.05) is 20.3 Å². The number of rotatable bonds is 0. The van der Waals surface area contributed by atoms with Crippen molar-refractivity contribution in [3.05, 3.63) is 0 Å². The zero-order valence-corrected chi connectivity index (χ0v) is 6.79. The molecule has 4 rings (SSSR count). The highest BCUT2D eigenvalue weighted by Gasteiger charge is 2.82. The van der Waals surface area contributed by atoms with Gasteiger partial charge in [0.1, 0.15) is 0 Å². The molecule has 2 heteroatoms. The third kappa shape index (κ3) is 0.338. The monoisotopic (exact) mass is 151 g/mol. The minimum Gasteiger partial charge on any atom is -0.379 e. The van der Waals surface area contributed by atoms with Crippen LogP contribution in [0.25, 0.3) is 0 Å². The van der Waals surface area contributed by atoms with Crippen LogP contribution in [0.5, 0.6) is 0 Å². The van der Waals surface area contributed by atoms with Crippen molar-refractivity contribution in [1.29, 1.82) is 0 Å². The highest BCUT2D eigenvalue weighted by Crippen LogP contribution is 2.77. The lowest BCUT2D eigenvalue weighted by molar-refractivity contribution is -0.174. The first kappa shape index (κ1) is 5.55. The standard InChI is InChI=1S/C9H13NO/c1-10-7-3-11-4-9(7)6-2-5(6)8(9)10/h5-8H,2-4H2,1H3. The minimum absolute atomic E-state index is 0.680. The van der Waals surface area contributed by atoms with Gasteiger partial charge >= 0.3 is 0 Å². The molecule has 60 valence electrons. The zero-order chi connectivity index (χ0) is 7.22. The molecule has 0 bridgehead atoms. The summed E-state index contributed by atoms with van der Waals surface area (Å²) in [6.45, 7) is 2.09. The molecule has 0 aromatic heterocycles. The molecule has 2 nitrogen and oxygen atoms in total. The van der Waals surface area contributed by atoms with E-state index in [1.807, 2.05) is 0 Å². The Morgan fingerprint density at radius 1 is 1.55 bits per heavy atom. The summed E-state index contributed by atoms with van der Waals surface area (Å²) in [4.78, 5) is 2.56. The molecule has 2 aliphatic heterocycles. The topological polar surface area (TPSA) is 12.5 Å². The van der Waals surface area contributed by atoms with Crippen LogP contribution >= 0.6 is 0 Å². The van der Waals surface area contributed by atoms with Gasteiger partial charge < -0.3 is 4.74 Å². The van der Waals surface area contributed by atoms with Gasteiger partial charge in [0, 0.05) is 17.5 Å². The number of likely N-dealkylation sites (tertiary alicyclic amines) is 1. The number of hydrogen-bond acceptors (Lipinski definition) is 2. The molecule has 2 aliphatic carbocycles. The largest absolute Gasteiger partial charge is 0.379 e. The molecule has 2 heterocycles. The highest BCUT2D eigenvalue weighted by atomic mass is 16.5. The summed E-state index contributed by atoms with van der Waals surface area (Å²) >= 11 is 0. The van der Waals surface area contributed by atoms with E-state index in [9.17, 15) is 0 Å². The van der Waals surface area contributed by atoms with Crippen LogP contribution in [0.2, 0.25) is 0 Å².